The summed E-state index contributed by atoms with van der Waals surface area (Å²) in [5.74, 6) is -3.25. The number of nitrogens with one attached hydrogen (secondary N) is 4. The molecule has 0 radical (unpaired) electrons. The quantitative estimate of drug-likeness (QED) is 0.274. The van der Waals surface area contributed by atoms with E-state index in [0.717, 1.165) is 22.0 Å². The molecule has 41 heavy (non-hydrogen) atoms. The highest BCUT2D eigenvalue weighted by molar-refractivity contribution is 6.35. The Morgan fingerprint density at radius 2 is 1.80 bits per heavy atom. The van der Waals surface area contributed by atoms with Crippen molar-refractivity contribution in [3.05, 3.63) is 88.6 Å². The summed E-state index contributed by atoms with van der Waals surface area (Å²) in [6.07, 6.45) is 2.33. The van der Waals surface area contributed by atoms with E-state index in [0.29, 0.717) is 34.1 Å². The Hall–Kier alpha value is -4.47. The van der Waals surface area contributed by atoms with Crippen molar-refractivity contribution in [2.75, 3.05) is 15.5 Å². The zero-order valence-electron chi connectivity index (χ0n) is 22.2. The number of carbonyl (C=O) groups is 4. The van der Waals surface area contributed by atoms with Gasteiger partial charge >= 0.3 is 0 Å². The van der Waals surface area contributed by atoms with Crippen molar-refractivity contribution in [2.24, 2.45) is 11.8 Å². The second-order valence-electron chi connectivity index (χ2n) is 11.0. The molecule has 0 bridgehead atoms. The van der Waals surface area contributed by atoms with E-state index in [2.05, 4.69) is 20.9 Å². The molecule has 206 valence electrons. The van der Waals surface area contributed by atoms with Crippen LogP contribution in [0.5, 0.6) is 0 Å². The van der Waals surface area contributed by atoms with Crippen LogP contribution < -0.4 is 20.9 Å². The number of para-hydroxylation sites is 1. The number of H-pyrrole nitrogens is 1. The van der Waals surface area contributed by atoms with E-state index in [1.807, 2.05) is 43.5 Å². The maximum Gasteiger partial charge on any atom is 0.250 e. The van der Waals surface area contributed by atoms with Gasteiger partial charge in [0.05, 0.1) is 28.2 Å². The lowest BCUT2D eigenvalue weighted by Crippen LogP contribution is -2.53. The molecule has 4 aromatic rings. The molecular weight excluding hydrogens is 542 g/mol. The Balaban J connectivity index is 1.35. The van der Waals surface area contributed by atoms with Gasteiger partial charge < -0.3 is 15.6 Å². The first kappa shape index (κ1) is 25.5. The van der Waals surface area contributed by atoms with Crippen LogP contribution in [0.1, 0.15) is 23.6 Å². The Morgan fingerprint density at radius 1 is 1.05 bits per heavy atom. The number of aromatic amines is 1. The molecule has 3 aliphatic heterocycles. The summed E-state index contributed by atoms with van der Waals surface area (Å²) in [6.45, 7) is 3.28. The summed E-state index contributed by atoms with van der Waals surface area (Å²) in [6, 6.07) is 17.5. The molecule has 2 saturated heterocycles. The van der Waals surface area contributed by atoms with E-state index >= 15 is 0 Å². The van der Waals surface area contributed by atoms with Crippen LogP contribution in [0.3, 0.4) is 0 Å². The first-order valence-electron chi connectivity index (χ1n) is 13.4. The molecule has 0 aliphatic carbocycles. The molecule has 3 aliphatic rings. The van der Waals surface area contributed by atoms with Crippen molar-refractivity contribution in [1.82, 2.24) is 10.3 Å². The number of imide groups is 1. The molecule has 4 atom stereocenters. The van der Waals surface area contributed by atoms with Crippen molar-refractivity contribution >= 4 is 63.2 Å². The van der Waals surface area contributed by atoms with E-state index < -0.39 is 35.2 Å². The predicted octanol–water partition coefficient (Wildman–Crippen LogP) is 4.26. The number of amides is 4. The van der Waals surface area contributed by atoms with Crippen molar-refractivity contribution in [2.45, 2.75) is 31.8 Å². The Morgan fingerprint density at radius 3 is 2.56 bits per heavy atom. The Bertz CT molecular complexity index is 1800. The normalized spacial score (nSPS) is 24.7. The predicted molar refractivity (Wildman–Crippen MR) is 156 cm³/mol. The lowest BCUT2D eigenvalue weighted by atomic mass is 9.76. The van der Waals surface area contributed by atoms with Crippen LogP contribution in [0.25, 0.3) is 10.9 Å². The number of halogens is 1. The molecule has 1 spiro atoms. The van der Waals surface area contributed by atoms with Gasteiger partial charge in [-0.2, -0.15) is 0 Å². The average molecular weight is 568 g/mol. The largest absolute Gasteiger partial charge is 0.361 e. The van der Waals surface area contributed by atoms with Gasteiger partial charge in [-0.05, 0) is 60.9 Å². The maximum atomic E-state index is 14.3. The number of hydrogen-bond donors (Lipinski definition) is 4. The van der Waals surface area contributed by atoms with Crippen molar-refractivity contribution in [3.8, 4) is 0 Å². The first-order valence-corrected chi connectivity index (χ1v) is 13.8. The van der Waals surface area contributed by atoms with Gasteiger partial charge in [-0.1, -0.05) is 35.9 Å². The monoisotopic (exact) mass is 567 g/mol. The van der Waals surface area contributed by atoms with Crippen LogP contribution in [0, 0.1) is 18.8 Å². The molecule has 3 aromatic carbocycles. The third-order valence-corrected chi connectivity index (χ3v) is 8.78. The van der Waals surface area contributed by atoms with Crippen LogP contribution in [-0.4, -0.2) is 34.7 Å². The highest BCUT2D eigenvalue weighted by atomic mass is 35.5. The molecule has 0 saturated carbocycles. The number of benzene rings is 3. The third kappa shape index (κ3) is 3.66. The summed E-state index contributed by atoms with van der Waals surface area (Å²) >= 11 is 6.56. The fourth-order valence-electron chi connectivity index (χ4n) is 6.86. The second kappa shape index (κ2) is 9.02. The van der Waals surface area contributed by atoms with Crippen molar-refractivity contribution in [1.29, 1.82) is 0 Å². The minimum atomic E-state index is -1.47. The number of fused-ring (bicyclic) bond motifs is 5. The lowest BCUT2D eigenvalue weighted by Gasteiger charge is -2.30. The number of carbonyl (C=O) groups excluding carboxylic acids is 4. The van der Waals surface area contributed by atoms with Gasteiger partial charge in [0.25, 0.3) is 0 Å². The van der Waals surface area contributed by atoms with Crippen LogP contribution in [0.4, 0.5) is 17.1 Å². The Kier molecular flexibility index (Phi) is 5.61. The smallest absolute Gasteiger partial charge is 0.250 e. The molecule has 1 aromatic heterocycles. The molecule has 2 fully saturated rings. The number of hydrogen-bond acceptors (Lipinski definition) is 5. The van der Waals surface area contributed by atoms with Crippen molar-refractivity contribution < 1.29 is 19.2 Å². The molecule has 4 heterocycles. The fraction of sp³-hybridized carbons (Fsp3) is 0.226. The van der Waals surface area contributed by atoms with Crippen LogP contribution >= 0.6 is 11.6 Å². The maximum absolute atomic E-state index is 14.3. The molecule has 4 N–H and O–H groups in total. The summed E-state index contributed by atoms with van der Waals surface area (Å²) in [5, 5.41) is 10.5. The van der Waals surface area contributed by atoms with Gasteiger partial charge in [0.15, 0.2) is 0 Å². The van der Waals surface area contributed by atoms with Gasteiger partial charge in [-0.25, -0.2) is 4.90 Å². The average Bonchev–Trinajstić information content (AvgIpc) is 3.64. The van der Waals surface area contributed by atoms with Gasteiger partial charge in [0.2, 0.25) is 23.6 Å². The van der Waals surface area contributed by atoms with E-state index in [1.54, 1.807) is 30.3 Å². The highest BCUT2D eigenvalue weighted by Crippen LogP contribution is 2.55. The van der Waals surface area contributed by atoms with Gasteiger partial charge in [0, 0.05) is 41.3 Å². The van der Waals surface area contributed by atoms with E-state index in [4.69, 9.17) is 11.6 Å². The lowest BCUT2D eigenvalue weighted by molar-refractivity contribution is -0.130. The Labute approximate surface area is 240 Å². The fourth-order valence-corrected chi connectivity index (χ4v) is 7.18. The molecular formula is C31H26ClN5O4. The first-order chi connectivity index (χ1) is 19.7. The van der Waals surface area contributed by atoms with Gasteiger partial charge in [-0.3, -0.25) is 24.5 Å². The van der Waals surface area contributed by atoms with Gasteiger partial charge in [0.1, 0.15) is 5.54 Å². The van der Waals surface area contributed by atoms with E-state index in [9.17, 15) is 19.2 Å². The summed E-state index contributed by atoms with van der Waals surface area (Å²) in [5.41, 5.74) is 3.28. The number of aromatic nitrogens is 1. The molecule has 0 unspecified atom stereocenters. The number of anilines is 3. The standard InChI is InChI=1S/C31H26ClN5O4/c1-15-11-21-27(22(32)12-15)35-30(41)31(21)26-25(24(36-31)13-17-14-33-23-6-4-3-5-20(17)23)28(39)37(29(26)40)19-9-7-18(8-10-19)34-16(2)38/h3-12,14,24-26,33,36H,13H2,1-2H3,(H,34,38)(H,35,41)/t24-,25-,26+,31-/m1/s1. The molecule has 4 amide bonds. The number of rotatable bonds is 4. The molecule has 10 heteroatoms. The molecule has 7 rings (SSSR count). The number of aryl methyl sites for hydroxylation is 1. The minimum absolute atomic E-state index is 0.228. The van der Waals surface area contributed by atoms with Crippen LogP contribution in [0.15, 0.2) is 66.9 Å². The van der Waals surface area contributed by atoms with Crippen LogP contribution in [0.2, 0.25) is 5.02 Å². The second-order valence-corrected chi connectivity index (χ2v) is 11.4. The summed E-state index contributed by atoms with van der Waals surface area (Å²) in [7, 11) is 0. The number of nitrogens with zero attached hydrogens (tertiary/aromatic N) is 1. The van der Waals surface area contributed by atoms with Crippen molar-refractivity contribution in [3.63, 3.8) is 0 Å². The third-order valence-electron chi connectivity index (χ3n) is 8.48. The minimum Gasteiger partial charge on any atom is -0.361 e. The summed E-state index contributed by atoms with van der Waals surface area (Å²) in [4.78, 5) is 58.3. The SMILES string of the molecule is CC(=O)Nc1ccc(N2C(=O)[C@H]3[C@@H](C2=O)[C@@]2(N[C@@H]3Cc3c[nH]c4ccccc34)C(=O)Nc3c(Cl)cc(C)cc32)cc1. The molecule has 9 nitrogen and oxygen atoms in total. The van der Waals surface area contributed by atoms with E-state index in [1.165, 1.54) is 11.8 Å². The van der Waals surface area contributed by atoms with Crippen LogP contribution in [-0.2, 0) is 31.1 Å². The van der Waals surface area contributed by atoms with Gasteiger partial charge in [-0.15, -0.1) is 0 Å². The highest BCUT2D eigenvalue weighted by Gasteiger charge is 2.70. The summed E-state index contributed by atoms with van der Waals surface area (Å²) < 4.78 is 0. The van der Waals surface area contributed by atoms with E-state index in [-0.39, 0.29) is 11.8 Å². The zero-order valence-corrected chi connectivity index (χ0v) is 23.0. The topological polar surface area (TPSA) is 123 Å². The zero-order chi connectivity index (χ0) is 28.6.